The Morgan fingerprint density at radius 2 is 2.00 bits per heavy atom. The van der Waals surface area contributed by atoms with E-state index in [4.69, 9.17) is 0 Å². The van der Waals surface area contributed by atoms with E-state index in [1.807, 2.05) is 0 Å². The van der Waals surface area contributed by atoms with Crippen LogP contribution in [0.1, 0.15) is 30.6 Å². The molecule has 4 nitrogen and oxygen atoms in total. The molecule has 20 heavy (non-hydrogen) atoms. The number of amides is 2. The van der Waals surface area contributed by atoms with Gasteiger partial charge in [0.2, 0.25) is 5.91 Å². The number of hydrogen-bond acceptors (Lipinski definition) is 3. The van der Waals surface area contributed by atoms with Gasteiger partial charge in [-0.3, -0.25) is 14.5 Å². The fourth-order valence-corrected chi connectivity index (χ4v) is 2.45. The highest BCUT2D eigenvalue weighted by Crippen LogP contribution is 2.38. The highest BCUT2D eigenvalue weighted by Gasteiger charge is 2.51. The number of benzene rings is 1. The van der Waals surface area contributed by atoms with Crippen LogP contribution in [-0.4, -0.2) is 23.3 Å². The Morgan fingerprint density at radius 1 is 1.40 bits per heavy atom. The first-order valence-corrected chi connectivity index (χ1v) is 6.45. The van der Waals surface area contributed by atoms with Gasteiger partial charge in [0.05, 0.1) is 6.07 Å². The third-order valence-electron chi connectivity index (χ3n) is 3.88. The van der Waals surface area contributed by atoms with Gasteiger partial charge in [0, 0.05) is 12.1 Å². The monoisotopic (exact) mass is 274 g/mol. The highest BCUT2D eigenvalue weighted by molar-refractivity contribution is 6.08. The lowest BCUT2D eigenvalue weighted by Gasteiger charge is -2.23. The zero-order valence-electron chi connectivity index (χ0n) is 11.4. The average molecular weight is 274 g/mol. The molecule has 1 aliphatic rings. The summed E-state index contributed by atoms with van der Waals surface area (Å²) in [4.78, 5) is 25.8. The van der Waals surface area contributed by atoms with Crippen molar-refractivity contribution < 1.29 is 14.0 Å². The van der Waals surface area contributed by atoms with Gasteiger partial charge >= 0.3 is 0 Å². The largest absolute Gasteiger partial charge is 0.277 e. The quantitative estimate of drug-likeness (QED) is 0.778. The molecular weight excluding hydrogens is 259 g/mol. The number of carbonyl (C=O) groups is 2. The molecule has 0 bridgehead atoms. The van der Waals surface area contributed by atoms with Gasteiger partial charge in [0.15, 0.2) is 0 Å². The van der Waals surface area contributed by atoms with Crippen LogP contribution in [0.15, 0.2) is 24.3 Å². The lowest BCUT2D eigenvalue weighted by molar-refractivity contribution is -0.133. The normalized spacial score (nSPS) is 22.1. The van der Waals surface area contributed by atoms with Crippen molar-refractivity contribution in [3.05, 3.63) is 35.6 Å². The molecule has 1 saturated heterocycles. The summed E-state index contributed by atoms with van der Waals surface area (Å²) in [6, 6.07) is 7.10. The summed E-state index contributed by atoms with van der Waals surface area (Å²) < 4.78 is 12.9. The third kappa shape index (κ3) is 2.07. The predicted molar refractivity (Wildman–Crippen MR) is 69.9 cm³/mol. The first-order chi connectivity index (χ1) is 9.42. The molecule has 0 saturated carbocycles. The number of carbonyl (C=O) groups excluding carboxylic acids is 2. The molecule has 1 aromatic rings. The maximum Gasteiger partial charge on any atom is 0.260 e. The molecule has 0 aromatic heterocycles. The minimum Gasteiger partial charge on any atom is -0.277 e. The number of nitrogens with zero attached hydrogens (tertiary/aromatic N) is 2. The molecule has 0 N–H and O–H groups in total. The molecule has 1 atom stereocenters. The van der Waals surface area contributed by atoms with Gasteiger partial charge in [-0.25, -0.2) is 4.39 Å². The summed E-state index contributed by atoms with van der Waals surface area (Å²) in [5, 5.41) is 9.31. The summed E-state index contributed by atoms with van der Waals surface area (Å²) in [6.45, 7) is 3.82. The van der Waals surface area contributed by atoms with Gasteiger partial charge < -0.3 is 0 Å². The second-order valence-corrected chi connectivity index (χ2v) is 5.26. The van der Waals surface area contributed by atoms with E-state index < -0.39 is 23.0 Å². The minimum absolute atomic E-state index is 0.161. The third-order valence-corrected chi connectivity index (χ3v) is 3.88. The zero-order valence-corrected chi connectivity index (χ0v) is 11.4. The van der Waals surface area contributed by atoms with E-state index in [1.165, 1.54) is 24.3 Å². The lowest BCUT2D eigenvalue weighted by atomic mass is 9.77. The van der Waals surface area contributed by atoms with Crippen molar-refractivity contribution in [3.8, 4) is 6.07 Å². The van der Waals surface area contributed by atoms with Crippen molar-refractivity contribution in [1.29, 1.82) is 5.26 Å². The second kappa shape index (κ2) is 5.04. The van der Waals surface area contributed by atoms with Crippen molar-refractivity contribution >= 4 is 11.8 Å². The highest BCUT2D eigenvalue weighted by atomic mass is 19.1. The van der Waals surface area contributed by atoms with Crippen molar-refractivity contribution in [1.82, 2.24) is 4.90 Å². The van der Waals surface area contributed by atoms with Crippen LogP contribution in [0.25, 0.3) is 0 Å². The Bertz CT molecular complexity index is 589. The van der Waals surface area contributed by atoms with Crippen molar-refractivity contribution in [2.75, 3.05) is 6.54 Å². The number of nitriles is 1. The van der Waals surface area contributed by atoms with E-state index in [-0.39, 0.29) is 18.0 Å². The standard InChI is InChI=1S/C15H15FN2O2/c1-10(2)15(9-17)7-8-18(14(15)20)13(19)11-3-5-12(16)6-4-11/h3-6,10H,7-8H2,1-2H3. The Morgan fingerprint density at radius 3 is 2.45 bits per heavy atom. The summed E-state index contributed by atoms with van der Waals surface area (Å²) in [5.74, 6) is -1.54. The van der Waals surface area contributed by atoms with Crippen LogP contribution < -0.4 is 0 Å². The number of hydrogen-bond donors (Lipinski definition) is 0. The summed E-state index contributed by atoms with van der Waals surface area (Å²) in [5.41, 5.74) is -0.882. The molecule has 0 aliphatic carbocycles. The van der Waals surface area contributed by atoms with Gasteiger partial charge in [-0.05, 0) is 36.6 Å². The zero-order chi connectivity index (χ0) is 14.9. The molecular formula is C15H15FN2O2. The lowest BCUT2D eigenvalue weighted by Crippen LogP contribution is -2.40. The first-order valence-electron chi connectivity index (χ1n) is 6.45. The number of rotatable bonds is 2. The maximum atomic E-state index is 12.9. The Kier molecular flexibility index (Phi) is 3.58. The Labute approximate surface area is 116 Å². The van der Waals surface area contributed by atoms with E-state index in [1.54, 1.807) is 13.8 Å². The summed E-state index contributed by atoms with van der Waals surface area (Å²) in [6.07, 6.45) is 0.340. The molecule has 1 fully saturated rings. The number of halogens is 1. The molecule has 2 amide bonds. The molecule has 1 aromatic carbocycles. The number of likely N-dealkylation sites (tertiary alicyclic amines) is 1. The van der Waals surface area contributed by atoms with E-state index in [0.717, 1.165) is 4.90 Å². The van der Waals surface area contributed by atoms with E-state index in [9.17, 15) is 19.2 Å². The second-order valence-electron chi connectivity index (χ2n) is 5.26. The molecule has 2 rings (SSSR count). The van der Waals surface area contributed by atoms with Crippen molar-refractivity contribution in [3.63, 3.8) is 0 Å². The molecule has 1 unspecified atom stereocenters. The van der Waals surface area contributed by atoms with Crippen LogP contribution in [0, 0.1) is 28.5 Å². The van der Waals surface area contributed by atoms with E-state index in [0.29, 0.717) is 6.42 Å². The van der Waals surface area contributed by atoms with E-state index >= 15 is 0 Å². The van der Waals surface area contributed by atoms with Crippen molar-refractivity contribution in [2.24, 2.45) is 11.3 Å². The molecule has 0 spiro atoms. The minimum atomic E-state index is -1.13. The first kappa shape index (κ1) is 14.2. The van der Waals surface area contributed by atoms with Gasteiger partial charge in [0.25, 0.3) is 5.91 Å². The Balaban J connectivity index is 2.28. The SMILES string of the molecule is CC(C)C1(C#N)CCN(C(=O)c2ccc(F)cc2)C1=O. The number of imide groups is 1. The van der Waals surface area contributed by atoms with E-state index in [2.05, 4.69) is 6.07 Å². The fourth-order valence-electron chi connectivity index (χ4n) is 2.45. The van der Waals surface area contributed by atoms with Crippen LogP contribution >= 0.6 is 0 Å². The molecule has 104 valence electrons. The van der Waals surface area contributed by atoms with Gasteiger partial charge in [-0.2, -0.15) is 5.26 Å². The maximum absolute atomic E-state index is 12.9. The van der Waals surface area contributed by atoms with Crippen molar-refractivity contribution in [2.45, 2.75) is 20.3 Å². The predicted octanol–water partition coefficient (Wildman–Crippen LogP) is 2.36. The van der Waals surface area contributed by atoms with Gasteiger partial charge in [0.1, 0.15) is 11.2 Å². The summed E-state index contributed by atoms with van der Waals surface area (Å²) >= 11 is 0. The van der Waals surface area contributed by atoms with Crippen LogP contribution in [0.5, 0.6) is 0 Å². The van der Waals surface area contributed by atoms with Gasteiger partial charge in [-0.1, -0.05) is 13.8 Å². The molecule has 1 aliphatic heterocycles. The van der Waals surface area contributed by atoms with Crippen LogP contribution in [0.3, 0.4) is 0 Å². The molecule has 1 heterocycles. The fraction of sp³-hybridized carbons (Fsp3) is 0.400. The Hall–Kier alpha value is -2.22. The average Bonchev–Trinajstić information content (AvgIpc) is 2.77. The van der Waals surface area contributed by atoms with Crippen LogP contribution in [-0.2, 0) is 4.79 Å². The smallest absolute Gasteiger partial charge is 0.260 e. The van der Waals surface area contributed by atoms with Crippen LogP contribution in [0.2, 0.25) is 0 Å². The van der Waals surface area contributed by atoms with Crippen LogP contribution in [0.4, 0.5) is 4.39 Å². The molecule has 0 radical (unpaired) electrons. The topological polar surface area (TPSA) is 61.2 Å². The van der Waals surface area contributed by atoms with Gasteiger partial charge in [-0.15, -0.1) is 0 Å². The molecule has 5 heteroatoms. The summed E-state index contributed by atoms with van der Waals surface area (Å²) in [7, 11) is 0.